The van der Waals surface area contributed by atoms with Crippen LogP contribution >= 0.6 is 15.9 Å². The van der Waals surface area contributed by atoms with E-state index in [1.54, 1.807) is 12.1 Å². The van der Waals surface area contributed by atoms with Crippen LogP contribution in [0.5, 0.6) is 5.75 Å². The summed E-state index contributed by atoms with van der Waals surface area (Å²) in [4.78, 5) is 0. The molecule has 0 spiro atoms. The summed E-state index contributed by atoms with van der Waals surface area (Å²) in [5, 5.41) is 8.72. The predicted molar refractivity (Wildman–Crippen MR) is 49.8 cm³/mol. The number of hydrogen-bond acceptors (Lipinski definition) is 3. The molecule has 0 radical (unpaired) electrons. The van der Waals surface area contributed by atoms with E-state index in [0.29, 0.717) is 21.5 Å². The van der Waals surface area contributed by atoms with Gasteiger partial charge in [0.1, 0.15) is 17.4 Å². The number of nitrogens with two attached hydrogens (primary N) is 1. The molecule has 0 aliphatic carbocycles. The number of benzene rings is 1. The highest BCUT2D eigenvalue weighted by Crippen LogP contribution is 2.28. The molecule has 1 rings (SSSR count). The number of anilines is 1. The highest BCUT2D eigenvalue weighted by atomic mass is 79.9. The van der Waals surface area contributed by atoms with Crippen LogP contribution < -0.4 is 10.5 Å². The molecule has 0 saturated carbocycles. The zero-order chi connectivity index (χ0) is 9.14. The molecule has 0 saturated heterocycles. The number of ether oxygens (including phenoxy) is 1. The van der Waals surface area contributed by atoms with Gasteiger partial charge in [-0.15, -0.1) is 0 Å². The van der Waals surface area contributed by atoms with Crippen molar-refractivity contribution < 1.29 is 4.74 Å². The molecular formula is C8H7BrN2O. The Balaban J connectivity index is 3.36. The van der Waals surface area contributed by atoms with E-state index < -0.39 is 0 Å². The first kappa shape index (κ1) is 8.88. The van der Waals surface area contributed by atoms with E-state index in [1.807, 2.05) is 6.07 Å². The number of methoxy groups -OCH3 is 1. The fraction of sp³-hybridized carbons (Fsp3) is 0.125. The van der Waals surface area contributed by atoms with E-state index in [-0.39, 0.29) is 0 Å². The zero-order valence-corrected chi connectivity index (χ0v) is 8.05. The number of nitriles is 1. The lowest BCUT2D eigenvalue weighted by Crippen LogP contribution is -1.92. The summed E-state index contributed by atoms with van der Waals surface area (Å²) in [6.07, 6.45) is 0. The summed E-state index contributed by atoms with van der Waals surface area (Å²) in [6, 6.07) is 5.30. The van der Waals surface area contributed by atoms with Crippen molar-refractivity contribution >= 4 is 21.6 Å². The maximum atomic E-state index is 8.72. The van der Waals surface area contributed by atoms with Crippen molar-refractivity contribution in [3.05, 3.63) is 22.2 Å². The van der Waals surface area contributed by atoms with Crippen LogP contribution in [0.3, 0.4) is 0 Å². The molecule has 0 amide bonds. The molecule has 2 N–H and O–H groups in total. The lowest BCUT2D eigenvalue weighted by atomic mass is 10.2. The molecule has 4 heteroatoms. The van der Waals surface area contributed by atoms with E-state index in [1.165, 1.54) is 7.11 Å². The normalized spacial score (nSPS) is 9.08. The first-order chi connectivity index (χ1) is 5.69. The zero-order valence-electron chi connectivity index (χ0n) is 6.47. The van der Waals surface area contributed by atoms with Gasteiger partial charge in [-0.05, 0) is 22.0 Å². The summed E-state index contributed by atoms with van der Waals surface area (Å²) in [7, 11) is 1.50. The number of nitrogens with zero attached hydrogens (tertiary/aromatic N) is 1. The second-order valence-electron chi connectivity index (χ2n) is 2.19. The van der Waals surface area contributed by atoms with Crippen molar-refractivity contribution in [3.8, 4) is 11.8 Å². The Bertz CT molecular complexity index is 344. The standard InChI is InChI=1S/C8H7BrN2O/c1-12-8-3-5(11)2-7(9)6(8)4-10/h2-3H,11H2,1H3. The van der Waals surface area contributed by atoms with Gasteiger partial charge in [-0.3, -0.25) is 0 Å². The van der Waals surface area contributed by atoms with Gasteiger partial charge in [0.15, 0.2) is 0 Å². The second-order valence-corrected chi connectivity index (χ2v) is 3.05. The lowest BCUT2D eigenvalue weighted by Gasteiger charge is -2.04. The fourth-order valence-electron chi connectivity index (χ4n) is 0.871. The topological polar surface area (TPSA) is 59.0 Å². The highest BCUT2D eigenvalue weighted by molar-refractivity contribution is 9.10. The van der Waals surface area contributed by atoms with Crippen LogP contribution in [0.1, 0.15) is 5.56 Å². The second kappa shape index (κ2) is 3.46. The Hall–Kier alpha value is -1.21. The van der Waals surface area contributed by atoms with Crippen molar-refractivity contribution in [3.63, 3.8) is 0 Å². The minimum atomic E-state index is 0.465. The van der Waals surface area contributed by atoms with Crippen LogP contribution in [0, 0.1) is 11.3 Å². The van der Waals surface area contributed by atoms with Gasteiger partial charge in [-0.25, -0.2) is 0 Å². The van der Waals surface area contributed by atoms with Gasteiger partial charge < -0.3 is 10.5 Å². The van der Waals surface area contributed by atoms with Gasteiger partial charge in [-0.1, -0.05) is 0 Å². The van der Waals surface area contributed by atoms with Gasteiger partial charge >= 0.3 is 0 Å². The smallest absolute Gasteiger partial charge is 0.139 e. The number of nitrogen functional groups attached to an aromatic ring is 1. The summed E-state index contributed by atoms with van der Waals surface area (Å²) >= 11 is 3.22. The van der Waals surface area contributed by atoms with Crippen molar-refractivity contribution in [2.24, 2.45) is 0 Å². The fourth-order valence-corrected chi connectivity index (χ4v) is 1.42. The molecule has 0 heterocycles. The molecular weight excluding hydrogens is 220 g/mol. The largest absolute Gasteiger partial charge is 0.495 e. The lowest BCUT2D eigenvalue weighted by molar-refractivity contribution is 0.413. The number of rotatable bonds is 1. The third-order valence-electron chi connectivity index (χ3n) is 1.41. The van der Waals surface area contributed by atoms with Gasteiger partial charge in [0.05, 0.1) is 7.11 Å². The van der Waals surface area contributed by atoms with Crippen LogP contribution in [0.2, 0.25) is 0 Å². The van der Waals surface area contributed by atoms with Crippen molar-refractivity contribution in [2.45, 2.75) is 0 Å². The summed E-state index contributed by atoms with van der Waals surface area (Å²) in [6.45, 7) is 0. The molecule has 0 unspecified atom stereocenters. The molecule has 0 fully saturated rings. The summed E-state index contributed by atoms with van der Waals surface area (Å²) in [5.74, 6) is 0.490. The third kappa shape index (κ3) is 1.51. The molecule has 0 atom stereocenters. The van der Waals surface area contributed by atoms with Crippen molar-refractivity contribution in [2.75, 3.05) is 12.8 Å². The summed E-state index contributed by atoms with van der Waals surface area (Å²) < 4.78 is 5.62. The van der Waals surface area contributed by atoms with E-state index >= 15 is 0 Å². The van der Waals surface area contributed by atoms with Crippen molar-refractivity contribution in [1.29, 1.82) is 5.26 Å². The molecule has 3 nitrogen and oxygen atoms in total. The number of hydrogen-bond donors (Lipinski definition) is 1. The molecule has 1 aromatic carbocycles. The van der Waals surface area contributed by atoms with E-state index in [0.717, 1.165) is 0 Å². The van der Waals surface area contributed by atoms with Gasteiger partial charge in [0.25, 0.3) is 0 Å². The van der Waals surface area contributed by atoms with E-state index in [2.05, 4.69) is 15.9 Å². The molecule has 0 aromatic heterocycles. The SMILES string of the molecule is COc1cc(N)cc(Br)c1C#N. The van der Waals surface area contributed by atoms with Crippen LogP contribution in [0.4, 0.5) is 5.69 Å². The molecule has 0 bridgehead atoms. The summed E-state index contributed by atoms with van der Waals surface area (Å²) in [5.41, 5.74) is 6.57. The average Bonchev–Trinajstić information content (AvgIpc) is 2.03. The molecule has 12 heavy (non-hydrogen) atoms. The van der Waals surface area contributed by atoms with Crippen molar-refractivity contribution in [1.82, 2.24) is 0 Å². The molecule has 62 valence electrons. The molecule has 1 aromatic rings. The third-order valence-corrected chi connectivity index (χ3v) is 2.03. The number of halogens is 1. The quantitative estimate of drug-likeness (QED) is 0.745. The highest BCUT2D eigenvalue weighted by Gasteiger charge is 2.07. The minimum absolute atomic E-state index is 0.465. The van der Waals surface area contributed by atoms with Gasteiger partial charge in [0, 0.05) is 16.2 Å². The average molecular weight is 227 g/mol. The predicted octanol–water partition coefficient (Wildman–Crippen LogP) is 1.91. The molecule has 0 aliphatic rings. The maximum Gasteiger partial charge on any atom is 0.139 e. The Morgan fingerprint density at radius 1 is 1.58 bits per heavy atom. The maximum absolute atomic E-state index is 8.72. The van der Waals surface area contributed by atoms with Gasteiger partial charge in [-0.2, -0.15) is 5.26 Å². The Morgan fingerprint density at radius 3 is 2.75 bits per heavy atom. The van der Waals surface area contributed by atoms with Crippen LogP contribution in [-0.4, -0.2) is 7.11 Å². The Kier molecular flexibility index (Phi) is 2.56. The van der Waals surface area contributed by atoms with Gasteiger partial charge in [0.2, 0.25) is 0 Å². The Morgan fingerprint density at radius 2 is 2.25 bits per heavy atom. The first-order valence-corrected chi connectivity index (χ1v) is 4.01. The monoisotopic (exact) mass is 226 g/mol. The van der Waals surface area contributed by atoms with E-state index in [4.69, 9.17) is 15.7 Å². The van der Waals surface area contributed by atoms with E-state index in [9.17, 15) is 0 Å². The van der Waals surface area contributed by atoms with Crippen LogP contribution in [-0.2, 0) is 0 Å². The Labute approximate surface area is 78.9 Å². The minimum Gasteiger partial charge on any atom is -0.495 e. The molecule has 0 aliphatic heterocycles. The van der Waals surface area contributed by atoms with Crippen LogP contribution in [0.15, 0.2) is 16.6 Å². The first-order valence-electron chi connectivity index (χ1n) is 3.22. The van der Waals surface area contributed by atoms with Crippen LogP contribution in [0.25, 0.3) is 0 Å².